The maximum atomic E-state index is 11.9. The van der Waals surface area contributed by atoms with Crippen LogP contribution in [-0.4, -0.2) is 23.5 Å². The summed E-state index contributed by atoms with van der Waals surface area (Å²) in [7, 11) is 0. The zero-order chi connectivity index (χ0) is 13.5. The van der Waals surface area contributed by atoms with Crippen LogP contribution in [0.25, 0.3) is 0 Å². The number of hydrogen-bond donors (Lipinski definition) is 3. The van der Waals surface area contributed by atoms with Crippen molar-refractivity contribution in [3.8, 4) is 0 Å². The first-order valence-electron chi connectivity index (χ1n) is 5.92. The highest BCUT2D eigenvalue weighted by molar-refractivity contribution is 5.95. The fourth-order valence-electron chi connectivity index (χ4n) is 1.68. The molecule has 0 spiro atoms. The van der Waals surface area contributed by atoms with Gasteiger partial charge in [-0.15, -0.1) is 0 Å². The first kappa shape index (κ1) is 14.2. The normalized spacial score (nSPS) is 11.9. The molecule has 0 aromatic heterocycles. The Labute approximate surface area is 106 Å². The lowest BCUT2D eigenvalue weighted by molar-refractivity contribution is -0.119. The number of nitrogens with two attached hydrogens (primary N) is 1. The average Bonchev–Trinajstić information content (AvgIpc) is 2.36. The second-order valence-electron chi connectivity index (χ2n) is 4.10. The van der Waals surface area contributed by atoms with E-state index >= 15 is 0 Å². The van der Waals surface area contributed by atoms with Gasteiger partial charge in [-0.2, -0.15) is 0 Å². The largest absolute Gasteiger partial charge is 0.478 e. The highest BCUT2D eigenvalue weighted by Gasteiger charge is 2.16. The molecule has 0 heterocycles. The van der Waals surface area contributed by atoms with Crippen LogP contribution in [0.1, 0.15) is 30.1 Å². The highest BCUT2D eigenvalue weighted by Crippen LogP contribution is 2.13. The summed E-state index contributed by atoms with van der Waals surface area (Å²) in [4.78, 5) is 22.7. The van der Waals surface area contributed by atoms with Crippen molar-refractivity contribution in [3.05, 3.63) is 29.8 Å². The van der Waals surface area contributed by atoms with Crippen molar-refractivity contribution in [1.82, 2.24) is 0 Å². The van der Waals surface area contributed by atoms with Gasteiger partial charge in [-0.05, 0) is 24.6 Å². The number of carboxylic acids is 1. The van der Waals surface area contributed by atoms with Crippen LogP contribution < -0.4 is 11.1 Å². The minimum absolute atomic E-state index is 0.146. The standard InChI is InChI=1S/C13H18N2O3/c1-2-4-10(8-14)12(16)15-11-6-3-5-9(7-11)13(17)18/h3,5-7,10H,2,4,8,14H2,1H3,(H,15,16)(H,17,18). The van der Waals surface area contributed by atoms with Crippen molar-refractivity contribution in [2.75, 3.05) is 11.9 Å². The molecule has 1 aromatic carbocycles. The van der Waals surface area contributed by atoms with Crippen LogP contribution in [0.3, 0.4) is 0 Å². The summed E-state index contributed by atoms with van der Waals surface area (Å²) >= 11 is 0. The van der Waals surface area contributed by atoms with Crippen LogP contribution in [0.2, 0.25) is 0 Å². The Morgan fingerprint density at radius 2 is 2.17 bits per heavy atom. The van der Waals surface area contributed by atoms with Crippen LogP contribution in [0.5, 0.6) is 0 Å². The molecule has 1 unspecified atom stereocenters. The van der Waals surface area contributed by atoms with E-state index in [9.17, 15) is 9.59 Å². The topological polar surface area (TPSA) is 92.4 Å². The minimum atomic E-state index is -1.02. The summed E-state index contributed by atoms with van der Waals surface area (Å²) in [6.45, 7) is 2.28. The highest BCUT2D eigenvalue weighted by atomic mass is 16.4. The smallest absolute Gasteiger partial charge is 0.335 e. The molecular formula is C13H18N2O3. The molecule has 1 amide bonds. The number of carboxylic acid groups (broad SMARTS) is 1. The second-order valence-corrected chi connectivity index (χ2v) is 4.10. The molecule has 4 N–H and O–H groups in total. The third-order valence-corrected chi connectivity index (χ3v) is 2.67. The van der Waals surface area contributed by atoms with E-state index in [1.807, 2.05) is 6.92 Å². The lowest BCUT2D eigenvalue weighted by atomic mass is 10.0. The summed E-state index contributed by atoms with van der Waals surface area (Å²) in [5, 5.41) is 11.5. The maximum absolute atomic E-state index is 11.9. The molecule has 5 nitrogen and oxygen atoms in total. The van der Waals surface area contributed by atoms with Gasteiger partial charge in [0.25, 0.3) is 0 Å². The molecule has 0 fully saturated rings. The molecule has 0 saturated heterocycles. The number of carbonyl (C=O) groups excluding carboxylic acids is 1. The van der Waals surface area contributed by atoms with Crippen molar-refractivity contribution in [2.45, 2.75) is 19.8 Å². The van der Waals surface area contributed by atoms with Crippen LogP contribution in [0.15, 0.2) is 24.3 Å². The van der Waals surface area contributed by atoms with Gasteiger partial charge in [0.2, 0.25) is 5.91 Å². The van der Waals surface area contributed by atoms with Crippen molar-refractivity contribution in [3.63, 3.8) is 0 Å². The quantitative estimate of drug-likeness (QED) is 0.716. The van der Waals surface area contributed by atoms with Crippen LogP contribution in [-0.2, 0) is 4.79 Å². The zero-order valence-corrected chi connectivity index (χ0v) is 10.3. The van der Waals surface area contributed by atoms with Gasteiger partial charge in [-0.3, -0.25) is 4.79 Å². The molecule has 5 heteroatoms. The van der Waals surface area contributed by atoms with E-state index in [4.69, 9.17) is 10.8 Å². The van der Waals surface area contributed by atoms with Gasteiger partial charge >= 0.3 is 5.97 Å². The lowest BCUT2D eigenvalue weighted by Gasteiger charge is -2.14. The Morgan fingerprint density at radius 3 is 2.72 bits per heavy atom. The molecule has 1 aromatic rings. The molecule has 0 radical (unpaired) electrons. The third kappa shape index (κ3) is 3.85. The Hall–Kier alpha value is -1.88. The molecule has 1 rings (SSSR count). The van der Waals surface area contributed by atoms with Crippen molar-refractivity contribution < 1.29 is 14.7 Å². The summed E-state index contributed by atoms with van der Waals surface area (Å²) in [6, 6.07) is 6.16. The number of benzene rings is 1. The summed E-state index contributed by atoms with van der Waals surface area (Å²) in [5.74, 6) is -1.42. The van der Waals surface area contributed by atoms with E-state index in [1.165, 1.54) is 12.1 Å². The molecule has 18 heavy (non-hydrogen) atoms. The molecule has 0 saturated carbocycles. The van der Waals surface area contributed by atoms with E-state index in [0.717, 1.165) is 12.8 Å². The molecule has 0 bridgehead atoms. The number of carbonyl (C=O) groups is 2. The van der Waals surface area contributed by atoms with Gasteiger partial charge in [0.15, 0.2) is 0 Å². The van der Waals surface area contributed by atoms with Crippen molar-refractivity contribution in [1.29, 1.82) is 0 Å². The lowest BCUT2D eigenvalue weighted by Crippen LogP contribution is -2.29. The van der Waals surface area contributed by atoms with Crippen molar-refractivity contribution in [2.24, 2.45) is 11.7 Å². The van der Waals surface area contributed by atoms with Gasteiger partial charge in [-0.1, -0.05) is 19.4 Å². The maximum Gasteiger partial charge on any atom is 0.335 e. The van der Waals surface area contributed by atoms with Gasteiger partial charge < -0.3 is 16.2 Å². The van der Waals surface area contributed by atoms with Crippen LogP contribution in [0.4, 0.5) is 5.69 Å². The van der Waals surface area contributed by atoms with Crippen LogP contribution >= 0.6 is 0 Å². The Morgan fingerprint density at radius 1 is 1.44 bits per heavy atom. The van der Waals surface area contributed by atoms with Gasteiger partial charge in [0, 0.05) is 12.2 Å². The van der Waals surface area contributed by atoms with E-state index < -0.39 is 5.97 Å². The van der Waals surface area contributed by atoms with E-state index in [0.29, 0.717) is 5.69 Å². The molecule has 0 aliphatic heterocycles. The number of hydrogen-bond acceptors (Lipinski definition) is 3. The average molecular weight is 250 g/mol. The minimum Gasteiger partial charge on any atom is -0.478 e. The predicted molar refractivity (Wildman–Crippen MR) is 69.5 cm³/mol. The first-order valence-corrected chi connectivity index (χ1v) is 5.92. The van der Waals surface area contributed by atoms with Gasteiger partial charge in [-0.25, -0.2) is 4.79 Å². The third-order valence-electron chi connectivity index (χ3n) is 2.67. The molecule has 98 valence electrons. The van der Waals surface area contributed by atoms with E-state index in [-0.39, 0.29) is 23.9 Å². The summed E-state index contributed by atoms with van der Waals surface area (Å²) in [5.41, 5.74) is 6.16. The molecule has 0 aliphatic carbocycles. The first-order chi connectivity index (χ1) is 8.58. The molecule has 0 aliphatic rings. The fraction of sp³-hybridized carbons (Fsp3) is 0.385. The van der Waals surface area contributed by atoms with Gasteiger partial charge in [0.1, 0.15) is 0 Å². The van der Waals surface area contributed by atoms with E-state index in [1.54, 1.807) is 12.1 Å². The number of aromatic carboxylic acids is 1. The SMILES string of the molecule is CCCC(CN)C(=O)Nc1cccc(C(=O)O)c1. The summed E-state index contributed by atoms with van der Waals surface area (Å²) in [6.07, 6.45) is 1.60. The Kier molecular flexibility index (Phi) is 5.32. The summed E-state index contributed by atoms with van der Waals surface area (Å²) < 4.78 is 0. The molecular weight excluding hydrogens is 232 g/mol. The number of amides is 1. The van der Waals surface area contributed by atoms with Crippen LogP contribution in [0, 0.1) is 5.92 Å². The second kappa shape index (κ2) is 6.76. The predicted octanol–water partition coefficient (Wildman–Crippen LogP) is 1.70. The molecule has 1 atom stereocenters. The number of nitrogens with one attached hydrogen (secondary N) is 1. The van der Waals surface area contributed by atoms with E-state index in [2.05, 4.69) is 5.32 Å². The zero-order valence-electron chi connectivity index (χ0n) is 10.3. The monoisotopic (exact) mass is 250 g/mol. The van der Waals surface area contributed by atoms with Gasteiger partial charge in [0.05, 0.1) is 11.5 Å². The number of rotatable bonds is 6. The van der Waals surface area contributed by atoms with Crippen molar-refractivity contribution >= 4 is 17.6 Å². The number of anilines is 1. The fourth-order valence-corrected chi connectivity index (χ4v) is 1.68. The Balaban J connectivity index is 2.74. The Bertz CT molecular complexity index is 432.